The van der Waals surface area contributed by atoms with E-state index in [2.05, 4.69) is 11.8 Å². The Hall–Kier alpha value is -1.52. The van der Waals surface area contributed by atoms with Gasteiger partial charge < -0.3 is 14.7 Å². The summed E-state index contributed by atoms with van der Waals surface area (Å²) in [5, 5.41) is 9.45. The quantitative estimate of drug-likeness (QED) is 0.551. The van der Waals surface area contributed by atoms with Gasteiger partial charge in [-0.3, -0.25) is 4.79 Å². The third-order valence-electron chi connectivity index (χ3n) is 3.98. The smallest absolute Gasteiger partial charge is 0.332 e. The van der Waals surface area contributed by atoms with Crippen LogP contribution in [0.2, 0.25) is 0 Å². The van der Waals surface area contributed by atoms with Crippen LogP contribution in [0.4, 0.5) is 0 Å². The van der Waals surface area contributed by atoms with Gasteiger partial charge in [-0.15, -0.1) is 0 Å². The number of ether oxygens (including phenoxy) is 1. The predicted molar refractivity (Wildman–Crippen MR) is 80.8 cm³/mol. The Morgan fingerprint density at radius 1 is 1.38 bits per heavy atom. The average Bonchev–Trinajstić information content (AvgIpc) is 2.86. The lowest BCUT2D eigenvalue weighted by atomic mass is 9.92. The Bertz CT molecular complexity index is 392. The van der Waals surface area contributed by atoms with Crippen LogP contribution in [0.25, 0.3) is 0 Å². The monoisotopic (exact) mass is 297 g/mol. The summed E-state index contributed by atoms with van der Waals surface area (Å²) in [4.78, 5) is 25.3. The number of esters is 1. The molecule has 0 radical (unpaired) electrons. The van der Waals surface area contributed by atoms with Crippen molar-refractivity contribution in [3.63, 3.8) is 0 Å². The summed E-state index contributed by atoms with van der Waals surface area (Å²) >= 11 is 0. The molecule has 0 saturated carbocycles. The summed E-state index contributed by atoms with van der Waals surface area (Å²) in [6, 6.07) is -0.0410. The summed E-state index contributed by atoms with van der Waals surface area (Å²) < 4.78 is 4.97. The first-order chi connectivity index (χ1) is 10.0. The summed E-state index contributed by atoms with van der Waals surface area (Å²) in [6.45, 7) is 6.92. The molecule has 5 nitrogen and oxygen atoms in total. The zero-order valence-corrected chi connectivity index (χ0v) is 13.3. The van der Waals surface area contributed by atoms with Crippen LogP contribution in [0.3, 0.4) is 0 Å². The maximum absolute atomic E-state index is 11.7. The fourth-order valence-electron chi connectivity index (χ4n) is 3.05. The van der Waals surface area contributed by atoms with E-state index in [0.29, 0.717) is 13.0 Å². The lowest BCUT2D eigenvalue weighted by Gasteiger charge is -2.34. The molecule has 0 unspecified atom stereocenters. The van der Waals surface area contributed by atoms with Gasteiger partial charge in [0.2, 0.25) is 0 Å². The Morgan fingerprint density at radius 2 is 2.10 bits per heavy atom. The molecule has 5 heteroatoms. The number of hydrogen-bond donors (Lipinski definition) is 1. The predicted octanol–water partition coefficient (Wildman–Crippen LogP) is 2.81. The van der Waals surface area contributed by atoms with E-state index in [-0.39, 0.29) is 12.0 Å². The van der Waals surface area contributed by atoms with Gasteiger partial charge in [-0.05, 0) is 32.6 Å². The number of carbonyl (C=O) groups excluding carboxylic acids is 1. The molecule has 21 heavy (non-hydrogen) atoms. The van der Waals surface area contributed by atoms with Gasteiger partial charge in [-0.1, -0.05) is 20.3 Å². The Kier molecular flexibility index (Phi) is 7.26. The van der Waals surface area contributed by atoms with Crippen LogP contribution in [0, 0.1) is 5.92 Å². The van der Waals surface area contributed by atoms with E-state index in [1.165, 1.54) is 6.08 Å². The van der Waals surface area contributed by atoms with E-state index in [9.17, 15) is 14.7 Å². The van der Waals surface area contributed by atoms with Crippen LogP contribution in [0.15, 0.2) is 11.8 Å². The first kappa shape index (κ1) is 17.5. The lowest BCUT2D eigenvalue weighted by Crippen LogP contribution is -2.41. The van der Waals surface area contributed by atoms with Crippen molar-refractivity contribution in [3.8, 4) is 0 Å². The first-order valence-electron chi connectivity index (χ1n) is 7.91. The average molecular weight is 297 g/mol. The zero-order chi connectivity index (χ0) is 15.8. The fraction of sp³-hybridized carbons (Fsp3) is 0.750. The van der Waals surface area contributed by atoms with Crippen LogP contribution < -0.4 is 0 Å². The second-order valence-electron chi connectivity index (χ2n) is 5.39. The molecule has 0 bridgehead atoms. The summed E-state index contributed by atoms with van der Waals surface area (Å²) in [5.41, 5.74) is 0.923. The number of nitrogens with zero attached hydrogens (tertiary/aromatic N) is 1. The molecule has 1 saturated heterocycles. The normalized spacial score (nSPS) is 19.6. The molecule has 1 N–H and O–H groups in total. The van der Waals surface area contributed by atoms with Gasteiger partial charge in [-0.25, -0.2) is 4.79 Å². The SMILES string of the molecule is CCC[C@H]([C@H](CC)C(=O)O)N1CCC/C1=C\C(=O)OCC. The molecule has 0 aliphatic carbocycles. The zero-order valence-electron chi connectivity index (χ0n) is 13.3. The standard InChI is InChI=1S/C16H27NO4/c1-4-8-14(13(5-2)16(19)20)17-10-7-9-12(17)11-15(18)21-6-3/h11,13-14H,4-10H2,1-3H3,(H,19,20)/b12-11+/t13-,14+/m0/s1. The van der Waals surface area contributed by atoms with Crippen LogP contribution >= 0.6 is 0 Å². The van der Waals surface area contributed by atoms with Crippen molar-refractivity contribution in [3.05, 3.63) is 11.8 Å². The highest BCUT2D eigenvalue weighted by Crippen LogP contribution is 2.30. The molecule has 1 fully saturated rings. The lowest BCUT2D eigenvalue weighted by molar-refractivity contribution is -0.144. The van der Waals surface area contributed by atoms with Crippen molar-refractivity contribution in [1.82, 2.24) is 4.90 Å². The number of likely N-dealkylation sites (tertiary alicyclic amines) is 1. The molecule has 0 aromatic rings. The first-order valence-corrected chi connectivity index (χ1v) is 7.91. The van der Waals surface area contributed by atoms with Gasteiger partial charge in [0, 0.05) is 24.4 Å². The van der Waals surface area contributed by atoms with Crippen LogP contribution in [0.1, 0.15) is 52.9 Å². The van der Waals surface area contributed by atoms with Crippen molar-refractivity contribution in [2.75, 3.05) is 13.2 Å². The van der Waals surface area contributed by atoms with E-state index >= 15 is 0 Å². The maximum atomic E-state index is 11.7. The number of rotatable bonds is 8. The summed E-state index contributed by atoms with van der Waals surface area (Å²) in [6.07, 6.45) is 5.66. The van der Waals surface area contributed by atoms with Crippen molar-refractivity contribution in [2.45, 2.75) is 58.9 Å². The summed E-state index contributed by atoms with van der Waals surface area (Å²) in [7, 11) is 0. The number of carbonyl (C=O) groups is 2. The summed E-state index contributed by atoms with van der Waals surface area (Å²) in [5.74, 6) is -1.48. The minimum atomic E-state index is -0.752. The Labute approximate surface area is 127 Å². The van der Waals surface area contributed by atoms with Gasteiger partial charge in [-0.2, -0.15) is 0 Å². The van der Waals surface area contributed by atoms with E-state index in [0.717, 1.165) is 37.9 Å². The van der Waals surface area contributed by atoms with Crippen molar-refractivity contribution in [1.29, 1.82) is 0 Å². The molecule has 1 aliphatic rings. The highest BCUT2D eigenvalue weighted by atomic mass is 16.5. The van der Waals surface area contributed by atoms with Gasteiger partial charge >= 0.3 is 11.9 Å². The molecule has 0 spiro atoms. The van der Waals surface area contributed by atoms with Gasteiger partial charge in [0.05, 0.1) is 12.5 Å². The number of carboxylic acids is 1. The fourth-order valence-corrected chi connectivity index (χ4v) is 3.05. The molecule has 1 aliphatic heterocycles. The Morgan fingerprint density at radius 3 is 2.62 bits per heavy atom. The molecule has 120 valence electrons. The number of carboxylic acid groups (broad SMARTS) is 1. The van der Waals surface area contributed by atoms with E-state index in [1.54, 1.807) is 6.92 Å². The number of hydrogen-bond acceptors (Lipinski definition) is 4. The Balaban J connectivity index is 2.94. The van der Waals surface area contributed by atoms with Gasteiger partial charge in [0.1, 0.15) is 0 Å². The van der Waals surface area contributed by atoms with E-state index < -0.39 is 11.9 Å². The highest BCUT2D eigenvalue weighted by molar-refractivity contribution is 5.82. The van der Waals surface area contributed by atoms with Crippen LogP contribution in [-0.4, -0.2) is 41.1 Å². The molecule has 0 aromatic carbocycles. The topological polar surface area (TPSA) is 66.8 Å². The van der Waals surface area contributed by atoms with Crippen LogP contribution in [-0.2, 0) is 14.3 Å². The van der Waals surface area contributed by atoms with Gasteiger partial charge in [0.25, 0.3) is 0 Å². The van der Waals surface area contributed by atoms with Crippen molar-refractivity contribution in [2.24, 2.45) is 5.92 Å². The van der Waals surface area contributed by atoms with Crippen LogP contribution in [0.5, 0.6) is 0 Å². The number of allylic oxidation sites excluding steroid dienone is 1. The highest BCUT2D eigenvalue weighted by Gasteiger charge is 2.34. The maximum Gasteiger partial charge on any atom is 0.332 e. The minimum absolute atomic E-state index is 0.0410. The number of aliphatic carboxylic acids is 1. The van der Waals surface area contributed by atoms with E-state index in [4.69, 9.17) is 4.74 Å². The largest absolute Gasteiger partial charge is 0.481 e. The third kappa shape index (κ3) is 4.76. The second-order valence-corrected chi connectivity index (χ2v) is 5.39. The molecular formula is C16H27NO4. The minimum Gasteiger partial charge on any atom is -0.481 e. The molecule has 0 amide bonds. The molecule has 1 rings (SSSR count). The molecule has 1 heterocycles. The second kappa shape index (κ2) is 8.70. The molecule has 2 atom stereocenters. The molecule has 0 aromatic heterocycles. The van der Waals surface area contributed by atoms with E-state index in [1.807, 2.05) is 6.92 Å². The third-order valence-corrected chi connectivity index (χ3v) is 3.98. The van der Waals surface area contributed by atoms with Gasteiger partial charge in [0.15, 0.2) is 0 Å². The van der Waals surface area contributed by atoms with Crippen molar-refractivity contribution >= 4 is 11.9 Å². The molecular weight excluding hydrogens is 270 g/mol. The van der Waals surface area contributed by atoms with Crippen molar-refractivity contribution < 1.29 is 19.4 Å².